The van der Waals surface area contributed by atoms with E-state index < -0.39 is 5.54 Å². The highest BCUT2D eigenvalue weighted by Crippen LogP contribution is 2.42. The number of rotatable bonds is 10. The highest BCUT2D eigenvalue weighted by Gasteiger charge is 2.42. The van der Waals surface area contributed by atoms with Crippen molar-refractivity contribution in [3.8, 4) is 0 Å². The lowest BCUT2D eigenvalue weighted by Gasteiger charge is -2.36. The van der Waals surface area contributed by atoms with E-state index in [-0.39, 0.29) is 0 Å². The summed E-state index contributed by atoms with van der Waals surface area (Å²) in [5.74, 6) is 1.72. The molecule has 0 radical (unpaired) electrons. The molecule has 7 heteroatoms. The van der Waals surface area contributed by atoms with Gasteiger partial charge in [0, 0.05) is 17.7 Å². The van der Waals surface area contributed by atoms with Gasteiger partial charge in [-0.1, -0.05) is 153 Å². The number of aromatic nitrogens is 7. The SMILES string of the molecule is CCc1nc2c(C)cc(C)nc2n1Cc1ccc(C(=C(C)c2nnnn2C(c2ccccc2)(c2ccccc2)c2ccccc2)c2ccccc2)cc1. The molecule has 7 nitrogen and oxygen atoms in total. The van der Waals surface area contributed by atoms with E-state index >= 15 is 0 Å². The molecule has 0 aliphatic heterocycles. The first-order chi connectivity index (χ1) is 26.0. The molecule has 3 heterocycles. The summed E-state index contributed by atoms with van der Waals surface area (Å²) in [6, 6.07) is 53.0. The predicted octanol–water partition coefficient (Wildman–Crippen LogP) is 9.46. The molecule has 8 rings (SSSR count). The molecule has 0 bridgehead atoms. The number of tetrazole rings is 1. The van der Waals surface area contributed by atoms with Crippen LogP contribution in [0.5, 0.6) is 0 Å². The van der Waals surface area contributed by atoms with E-state index in [2.05, 4.69) is 158 Å². The van der Waals surface area contributed by atoms with Crippen LogP contribution in [0.1, 0.15) is 70.1 Å². The zero-order valence-electron chi connectivity index (χ0n) is 30.5. The summed E-state index contributed by atoms with van der Waals surface area (Å²) < 4.78 is 4.26. The van der Waals surface area contributed by atoms with Crippen LogP contribution in [0.3, 0.4) is 0 Å². The summed E-state index contributed by atoms with van der Waals surface area (Å²) >= 11 is 0. The Kier molecular flexibility index (Phi) is 9.07. The van der Waals surface area contributed by atoms with Crippen molar-refractivity contribution in [1.29, 1.82) is 0 Å². The number of nitrogens with zero attached hydrogens (tertiary/aromatic N) is 7. The van der Waals surface area contributed by atoms with Crippen LogP contribution in [-0.2, 0) is 18.5 Å². The van der Waals surface area contributed by atoms with Crippen molar-refractivity contribution >= 4 is 22.3 Å². The number of aryl methyl sites for hydroxylation is 3. The summed E-state index contributed by atoms with van der Waals surface area (Å²) in [4.78, 5) is 9.87. The molecule has 3 aromatic heterocycles. The fourth-order valence-corrected chi connectivity index (χ4v) is 7.71. The van der Waals surface area contributed by atoms with Gasteiger partial charge in [-0.15, -0.1) is 5.10 Å². The summed E-state index contributed by atoms with van der Waals surface area (Å²) in [5, 5.41) is 14.0. The number of fused-ring (bicyclic) bond motifs is 1. The molecule has 0 atom stereocenters. The Labute approximate surface area is 310 Å². The molecule has 0 fully saturated rings. The van der Waals surface area contributed by atoms with E-state index in [9.17, 15) is 0 Å². The van der Waals surface area contributed by atoms with E-state index in [1.54, 1.807) is 0 Å². The third-order valence-corrected chi connectivity index (χ3v) is 10.1. The van der Waals surface area contributed by atoms with Gasteiger partial charge in [-0.05, 0) is 81.8 Å². The Morgan fingerprint density at radius 1 is 0.642 bits per heavy atom. The van der Waals surface area contributed by atoms with Crippen LogP contribution in [0, 0.1) is 13.8 Å². The zero-order valence-corrected chi connectivity index (χ0v) is 30.5. The third kappa shape index (κ3) is 6.04. The number of hydrogen-bond acceptors (Lipinski definition) is 5. The van der Waals surface area contributed by atoms with Crippen LogP contribution >= 0.6 is 0 Å². The quantitative estimate of drug-likeness (QED) is 0.134. The van der Waals surface area contributed by atoms with E-state index in [0.717, 1.165) is 73.6 Å². The highest BCUT2D eigenvalue weighted by molar-refractivity contribution is 5.96. The van der Waals surface area contributed by atoms with E-state index in [1.807, 2.05) is 35.9 Å². The molecule has 260 valence electrons. The lowest BCUT2D eigenvalue weighted by atomic mass is 9.76. The Bertz CT molecular complexity index is 2420. The standard InChI is InChI=1S/C46H41N7/c1-5-41-48-43-32(2)30-33(3)47-45(43)52(41)31-35-26-28-37(29-27-35)42(36-18-10-6-11-19-36)34(4)44-49-50-51-53(44)46(38-20-12-7-13-21-38,39-22-14-8-15-23-39)40-24-16-9-17-25-40/h6-30H,5,31H2,1-4H3. The number of pyridine rings is 1. The van der Waals surface area contributed by atoms with Crippen LogP contribution in [0.2, 0.25) is 0 Å². The van der Waals surface area contributed by atoms with Crippen LogP contribution in [0.4, 0.5) is 0 Å². The molecule has 0 amide bonds. The first kappa shape index (κ1) is 33.7. The molecular weight excluding hydrogens is 651 g/mol. The lowest BCUT2D eigenvalue weighted by molar-refractivity contribution is 0.442. The molecular formula is C46H41N7. The normalized spacial score (nSPS) is 12.2. The maximum absolute atomic E-state index is 4.97. The van der Waals surface area contributed by atoms with Gasteiger partial charge >= 0.3 is 0 Å². The topological polar surface area (TPSA) is 74.3 Å². The first-order valence-corrected chi connectivity index (χ1v) is 18.1. The predicted molar refractivity (Wildman–Crippen MR) is 212 cm³/mol. The molecule has 0 aliphatic carbocycles. The minimum Gasteiger partial charge on any atom is -0.308 e. The van der Waals surface area contributed by atoms with Gasteiger partial charge in [-0.2, -0.15) is 0 Å². The molecule has 8 aromatic rings. The van der Waals surface area contributed by atoms with Crippen LogP contribution in [-0.4, -0.2) is 34.7 Å². The van der Waals surface area contributed by atoms with Crippen LogP contribution in [0.25, 0.3) is 22.3 Å². The van der Waals surface area contributed by atoms with Crippen molar-refractivity contribution < 1.29 is 0 Å². The van der Waals surface area contributed by atoms with Crippen molar-refractivity contribution in [1.82, 2.24) is 34.7 Å². The van der Waals surface area contributed by atoms with Crippen molar-refractivity contribution in [2.75, 3.05) is 0 Å². The smallest absolute Gasteiger partial charge is 0.179 e. The van der Waals surface area contributed by atoms with Gasteiger partial charge in [0.2, 0.25) is 0 Å². The van der Waals surface area contributed by atoms with Crippen LogP contribution in [0.15, 0.2) is 152 Å². The maximum Gasteiger partial charge on any atom is 0.179 e. The van der Waals surface area contributed by atoms with Crippen molar-refractivity contribution in [3.63, 3.8) is 0 Å². The second-order valence-corrected chi connectivity index (χ2v) is 13.5. The molecule has 53 heavy (non-hydrogen) atoms. The maximum atomic E-state index is 4.97. The second-order valence-electron chi connectivity index (χ2n) is 13.5. The van der Waals surface area contributed by atoms with E-state index in [4.69, 9.17) is 20.3 Å². The van der Waals surface area contributed by atoms with Gasteiger partial charge in [-0.3, -0.25) is 0 Å². The van der Waals surface area contributed by atoms with Gasteiger partial charge in [0.25, 0.3) is 0 Å². The number of benzene rings is 5. The molecule has 0 N–H and O–H groups in total. The molecule has 0 unspecified atom stereocenters. The molecule has 5 aromatic carbocycles. The largest absolute Gasteiger partial charge is 0.308 e. The van der Waals surface area contributed by atoms with Crippen molar-refractivity contribution in [3.05, 3.63) is 208 Å². The second kappa shape index (κ2) is 14.3. The highest BCUT2D eigenvalue weighted by atomic mass is 15.6. The summed E-state index contributed by atoms with van der Waals surface area (Å²) in [5.41, 5.74) is 11.8. The zero-order chi connectivity index (χ0) is 36.4. The molecule has 0 spiro atoms. The van der Waals surface area contributed by atoms with Gasteiger partial charge < -0.3 is 4.57 Å². The molecule has 0 saturated carbocycles. The third-order valence-electron chi connectivity index (χ3n) is 10.1. The lowest BCUT2D eigenvalue weighted by Crippen LogP contribution is -2.39. The minimum absolute atomic E-state index is 0.679. The van der Waals surface area contributed by atoms with Crippen LogP contribution < -0.4 is 0 Å². The van der Waals surface area contributed by atoms with Gasteiger partial charge in [0.05, 0.1) is 6.54 Å². The fourth-order valence-electron chi connectivity index (χ4n) is 7.71. The van der Waals surface area contributed by atoms with Crippen molar-refractivity contribution in [2.24, 2.45) is 0 Å². The monoisotopic (exact) mass is 691 g/mol. The Morgan fingerprint density at radius 3 is 1.72 bits per heavy atom. The summed E-state index contributed by atoms with van der Waals surface area (Å²) in [7, 11) is 0. The van der Waals surface area contributed by atoms with Gasteiger partial charge in [0.1, 0.15) is 16.9 Å². The van der Waals surface area contributed by atoms with Gasteiger partial charge in [0.15, 0.2) is 11.5 Å². The van der Waals surface area contributed by atoms with Crippen molar-refractivity contribution in [2.45, 2.75) is 46.2 Å². The number of hydrogen-bond donors (Lipinski definition) is 0. The average Bonchev–Trinajstić information content (AvgIpc) is 3.83. The Balaban J connectivity index is 1.30. The number of allylic oxidation sites excluding steroid dienone is 1. The molecule has 0 aliphatic rings. The van der Waals surface area contributed by atoms with E-state index in [1.165, 1.54) is 5.56 Å². The summed E-state index contributed by atoms with van der Waals surface area (Å²) in [6.07, 6.45) is 0.832. The first-order valence-electron chi connectivity index (χ1n) is 18.1. The van der Waals surface area contributed by atoms with E-state index in [0.29, 0.717) is 12.4 Å². The average molecular weight is 692 g/mol. The minimum atomic E-state index is -0.856. The Morgan fingerprint density at radius 2 is 1.17 bits per heavy atom. The number of imidazole rings is 1. The van der Waals surface area contributed by atoms with Gasteiger partial charge in [-0.25, -0.2) is 14.6 Å². The summed E-state index contributed by atoms with van der Waals surface area (Å²) in [6.45, 7) is 9.13. The Hall–Kier alpha value is -6.47. The fraction of sp³-hybridized carbons (Fsp3) is 0.152. The molecule has 0 saturated heterocycles.